The summed E-state index contributed by atoms with van der Waals surface area (Å²) >= 11 is 10.6. The largest absolute Gasteiger partial charge is 0.493 e. The highest BCUT2D eigenvalue weighted by molar-refractivity contribution is 7.99. The molecular formula is C35H34ClN5O4S2. The van der Waals surface area contributed by atoms with Gasteiger partial charge in [-0.3, -0.25) is 0 Å². The molecule has 0 fully saturated rings. The van der Waals surface area contributed by atoms with Gasteiger partial charge >= 0.3 is 5.97 Å². The third-order valence-electron chi connectivity index (χ3n) is 9.11. The van der Waals surface area contributed by atoms with Crippen LogP contribution in [0.1, 0.15) is 28.2 Å². The molecule has 0 saturated carbocycles. The van der Waals surface area contributed by atoms with E-state index in [0.717, 1.165) is 66.2 Å². The summed E-state index contributed by atoms with van der Waals surface area (Å²) in [6.07, 6.45) is 3.49. The van der Waals surface area contributed by atoms with Crippen molar-refractivity contribution in [1.29, 1.82) is 0 Å². The van der Waals surface area contributed by atoms with Crippen molar-refractivity contribution >= 4 is 62.8 Å². The summed E-state index contributed by atoms with van der Waals surface area (Å²) in [4.78, 5) is 13.9. The first-order chi connectivity index (χ1) is 22.9. The third kappa shape index (κ3) is 5.43. The first kappa shape index (κ1) is 30.6. The van der Waals surface area contributed by atoms with Crippen molar-refractivity contribution in [3.63, 3.8) is 0 Å². The number of ether oxygens (including phenoxy) is 2. The Morgan fingerprint density at radius 1 is 1.06 bits per heavy atom. The Balaban J connectivity index is 1.24. The Kier molecular flexibility index (Phi) is 8.03. The van der Waals surface area contributed by atoms with Gasteiger partial charge < -0.3 is 24.2 Å². The second kappa shape index (κ2) is 12.4. The maximum Gasteiger partial charge on any atom is 0.352 e. The maximum absolute atomic E-state index is 12.8. The molecule has 0 amide bonds. The zero-order valence-corrected chi connectivity index (χ0v) is 28.5. The SMILES string of the molecule is CN1NC2C=C1CSc1cc(c3ccccc3c1)OCCCc1c(C(=O)O)n(C)c3c(c(Cl)ccc13)-c1c(nn3c1OCC3)CSC2. The molecule has 2 aromatic heterocycles. The van der Waals surface area contributed by atoms with Crippen LogP contribution in [-0.2, 0) is 25.8 Å². The molecule has 5 heterocycles. The minimum absolute atomic E-state index is 0.181. The molecule has 0 aliphatic carbocycles. The fraction of sp³-hybridized carbons (Fsp3) is 0.314. The molecule has 5 aromatic rings. The van der Waals surface area contributed by atoms with Crippen molar-refractivity contribution in [1.82, 2.24) is 24.8 Å². The fourth-order valence-corrected chi connectivity index (χ4v) is 9.19. The van der Waals surface area contributed by atoms with Crippen LogP contribution in [0.25, 0.3) is 32.8 Å². The Labute approximate surface area is 285 Å². The van der Waals surface area contributed by atoms with Gasteiger partial charge in [0.2, 0.25) is 5.88 Å². The molecule has 3 aliphatic heterocycles. The zero-order chi connectivity index (χ0) is 32.2. The zero-order valence-electron chi connectivity index (χ0n) is 26.1. The number of carbonyl (C=O) groups is 1. The normalized spacial score (nSPS) is 18.4. The lowest BCUT2D eigenvalue weighted by Gasteiger charge is -2.19. The number of nitrogens with one attached hydrogen (secondary N) is 1. The van der Waals surface area contributed by atoms with Crippen LogP contribution in [0, 0.1) is 0 Å². The Hall–Kier alpha value is -3.77. The van der Waals surface area contributed by atoms with Crippen molar-refractivity contribution < 1.29 is 19.4 Å². The third-order valence-corrected chi connectivity index (χ3v) is 11.5. The van der Waals surface area contributed by atoms with E-state index < -0.39 is 5.97 Å². The van der Waals surface area contributed by atoms with Crippen molar-refractivity contribution in [3.05, 3.63) is 82.3 Å². The predicted molar refractivity (Wildman–Crippen MR) is 189 cm³/mol. The second-order valence-electron chi connectivity index (χ2n) is 12.1. The highest BCUT2D eigenvalue weighted by Crippen LogP contribution is 2.46. The van der Waals surface area contributed by atoms with E-state index in [2.05, 4.69) is 47.8 Å². The van der Waals surface area contributed by atoms with E-state index >= 15 is 0 Å². The van der Waals surface area contributed by atoms with Gasteiger partial charge in [0.15, 0.2) is 0 Å². The summed E-state index contributed by atoms with van der Waals surface area (Å²) in [5.74, 6) is 2.89. The average Bonchev–Trinajstić information content (AvgIpc) is 3.80. The number of nitrogens with zero attached hydrogens (tertiary/aromatic N) is 4. The molecule has 2 N–H and O–H groups in total. The molecular weight excluding hydrogens is 654 g/mol. The van der Waals surface area contributed by atoms with Gasteiger partial charge in [0, 0.05) is 58.3 Å². The number of fused-ring (bicyclic) bond motifs is 9. The minimum atomic E-state index is -0.972. The molecule has 1 atom stereocenters. The van der Waals surface area contributed by atoms with Crippen LogP contribution in [0.5, 0.6) is 11.6 Å². The van der Waals surface area contributed by atoms with E-state index in [1.807, 2.05) is 36.0 Å². The molecule has 0 spiro atoms. The maximum atomic E-state index is 12.8. The number of halogens is 1. The van der Waals surface area contributed by atoms with Crippen molar-refractivity contribution in [2.45, 2.75) is 36.1 Å². The summed E-state index contributed by atoms with van der Waals surface area (Å²) < 4.78 is 16.3. The van der Waals surface area contributed by atoms with Gasteiger partial charge in [-0.25, -0.2) is 14.9 Å². The van der Waals surface area contributed by atoms with Gasteiger partial charge in [0.25, 0.3) is 0 Å². The molecule has 0 saturated heterocycles. The number of carboxylic acid groups (broad SMARTS) is 1. The average molecular weight is 688 g/mol. The number of hydrazine groups is 1. The highest BCUT2D eigenvalue weighted by atomic mass is 35.5. The van der Waals surface area contributed by atoms with E-state index in [9.17, 15) is 9.90 Å². The Morgan fingerprint density at radius 3 is 2.81 bits per heavy atom. The summed E-state index contributed by atoms with van der Waals surface area (Å²) in [5.41, 5.74) is 9.14. The van der Waals surface area contributed by atoms with Crippen LogP contribution in [0.15, 0.2) is 65.2 Å². The van der Waals surface area contributed by atoms with Crippen molar-refractivity contribution in [2.24, 2.45) is 7.05 Å². The quantitative estimate of drug-likeness (QED) is 0.193. The molecule has 242 valence electrons. The van der Waals surface area contributed by atoms with E-state index in [0.29, 0.717) is 49.3 Å². The van der Waals surface area contributed by atoms with Crippen LogP contribution in [0.3, 0.4) is 0 Å². The molecule has 12 heteroatoms. The molecule has 3 aliphatic rings. The first-order valence-electron chi connectivity index (χ1n) is 15.7. The standard InChI is InChI=1S/C35H34ClN5O4S2/c1-39-32-26-9-10-27(36)30(32)31-28(38-41-11-13-45-34(31)41)19-46-17-21-15-22(40(2)37-21)18-47-23-14-20-6-3-4-7-24(20)29(16-23)44-12-5-8-25(26)33(39)35(42)43/h3-4,6-7,9-10,14-16,21,37H,5,8,11-13,17-19H2,1-2H3,(H,42,43). The monoisotopic (exact) mass is 687 g/mol. The van der Waals surface area contributed by atoms with E-state index in [1.54, 1.807) is 28.1 Å². The second-order valence-corrected chi connectivity index (χ2v) is 14.5. The lowest BCUT2D eigenvalue weighted by molar-refractivity contribution is 0.0685. The lowest BCUT2D eigenvalue weighted by Crippen LogP contribution is -2.35. The summed E-state index contributed by atoms with van der Waals surface area (Å²) in [7, 11) is 3.88. The number of aromatic carboxylic acids is 1. The van der Waals surface area contributed by atoms with Crippen LogP contribution >= 0.6 is 35.1 Å². The van der Waals surface area contributed by atoms with Gasteiger partial charge in [-0.1, -0.05) is 41.9 Å². The van der Waals surface area contributed by atoms with Crippen LogP contribution in [0.4, 0.5) is 0 Å². The molecule has 0 radical (unpaired) electrons. The molecule has 8 rings (SSSR count). The Bertz CT molecular complexity index is 2090. The number of hydrogen-bond acceptors (Lipinski definition) is 8. The number of thioether (sulfide) groups is 2. The summed E-state index contributed by atoms with van der Waals surface area (Å²) in [5, 5.41) is 21.1. The number of hydrogen-bond donors (Lipinski definition) is 2. The van der Waals surface area contributed by atoms with E-state index in [4.69, 9.17) is 26.2 Å². The topological polar surface area (TPSA) is 93.8 Å². The molecule has 8 bridgehead atoms. The van der Waals surface area contributed by atoms with E-state index in [-0.39, 0.29) is 11.7 Å². The van der Waals surface area contributed by atoms with Crippen LogP contribution in [0.2, 0.25) is 5.02 Å². The van der Waals surface area contributed by atoms with Gasteiger partial charge in [0.05, 0.1) is 41.0 Å². The molecule has 1 unspecified atom stereocenters. The van der Waals surface area contributed by atoms with Gasteiger partial charge in [-0.05, 0) is 48.1 Å². The highest BCUT2D eigenvalue weighted by Gasteiger charge is 2.31. The summed E-state index contributed by atoms with van der Waals surface area (Å²) in [6, 6.07) is 16.6. The predicted octanol–water partition coefficient (Wildman–Crippen LogP) is 6.99. The fourth-order valence-electron chi connectivity index (χ4n) is 7.00. The number of rotatable bonds is 1. The van der Waals surface area contributed by atoms with Gasteiger partial charge in [-0.2, -0.15) is 16.9 Å². The smallest absolute Gasteiger partial charge is 0.352 e. The lowest BCUT2D eigenvalue weighted by atomic mass is 9.99. The summed E-state index contributed by atoms with van der Waals surface area (Å²) in [6.45, 7) is 1.64. The number of aromatic nitrogens is 3. The number of benzene rings is 3. The van der Waals surface area contributed by atoms with Crippen molar-refractivity contribution in [3.8, 4) is 22.8 Å². The van der Waals surface area contributed by atoms with Crippen LogP contribution < -0.4 is 14.9 Å². The number of carboxylic acids is 1. The molecule has 47 heavy (non-hydrogen) atoms. The minimum Gasteiger partial charge on any atom is -0.493 e. The van der Waals surface area contributed by atoms with Crippen LogP contribution in [-0.4, -0.2) is 68.2 Å². The molecule has 9 nitrogen and oxygen atoms in total. The molecule has 3 aromatic carbocycles. The van der Waals surface area contributed by atoms with Crippen molar-refractivity contribution in [2.75, 3.05) is 31.8 Å². The van der Waals surface area contributed by atoms with Gasteiger partial charge in [0.1, 0.15) is 18.1 Å². The Morgan fingerprint density at radius 2 is 1.94 bits per heavy atom. The number of aryl methyl sites for hydroxylation is 2. The van der Waals surface area contributed by atoms with Gasteiger partial charge in [-0.15, -0.1) is 11.8 Å². The van der Waals surface area contributed by atoms with E-state index in [1.165, 1.54) is 5.70 Å². The first-order valence-corrected chi connectivity index (χ1v) is 18.2.